The number of rotatable bonds is 0. The van der Waals surface area contributed by atoms with Crippen molar-refractivity contribution in [1.29, 1.82) is 0 Å². The zero-order valence-electron chi connectivity index (χ0n) is 8.15. The van der Waals surface area contributed by atoms with E-state index < -0.39 is 0 Å². The van der Waals surface area contributed by atoms with Crippen LogP contribution in [-0.4, -0.2) is 23.1 Å². The van der Waals surface area contributed by atoms with E-state index in [4.69, 9.17) is 0 Å². The fraction of sp³-hybridized carbons (Fsp3) is 0.900. The van der Waals surface area contributed by atoms with E-state index in [1.165, 1.54) is 25.7 Å². The van der Waals surface area contributed by atoms with Gasteiger partial charge in [0.15, 0.2) is 0 Å². The second-order valence-corrected chi connectivity index (χ2v) is 4.14. The monoisotopic (exact) mass is 240 g/mol. The summed E-state index contributed by atoms with van der Waals surface area (Å²) >= 11 is 0. The maximum absolute atomic E-state index is 2.44. The van der Waals surface area contributed by atoms with Gasteiger partial charge in [-0.05, 0) is 5.92 Å². The normalized spacial score (nSPS) is 40.0. The van der Waals surface area contributed by atoms with Crippen molar-refractivity contribution in [2.75, 3.05) is 0 Å². The Morgan fingerprint density at radius 2 is 1.58 bits per heavy atom. The van der Waals surface area contributed by atoms with Gasteiger partial charge in [-0.15, -0.1) is 0 Å². The Kier molecular flexibility index (Phi) is 5.75. The third-order valence-corrected chi connectivity index (χ3v) is 3.85. The fourth-order valence-electron chi connectivity index (χ4n) is 2.77. The first-order chi connectivity index (χ1) is 4.79. The van der Waals surface area contributed by atoms with Crippen LogP contribution < -0.4 is 17.0 Å². The summed E-state index contributed by atoms with van der Waals surface area (Å²) in [5.41, 5.74) is 0. The van der Waals surface area contributed by atoms with Gasteiger partial charge in [0, 0.05) is 0 Å². The van der Waals surface area contributed by atoms with Gasteiger partial charge in [-0.25, -0.2) is 0 Å². The van der Waals surface area contributed by atoms with Crippen molar-refractivity contribution in [1.82, 2.24) is 0 Å². The van der Waals surface area contributed by atoms with Gasteiger partial charge < -0.3 is 22.9 Å². The number of hydrogen-bond donors (Lipinski definition) is 0. The Morgan fingerprint density at radius 3 is 1.83 bits per heavy atom. The summed E-state index contributed by atoms with van der Waals surface area (Å²) in [6.07, 6.45) is 5.91. The molecule has 2 bridgehead atoms. The van der Waals surface area contributed by atoms with Crippen molar-refractivity contribution in [3.63, 3.8) is 0 Å². The van der Waals surface area contributed by atoms with Crippen LogP contribution in [-0.2, 0) is 0 Å². The first kappa shape index (κ1) is 13.2. The summed E-state index contributed by atoms with van der Waals surface area (Å²) in [5.74, 6) is 4.90. The zero-order valence-corrected chi connectivity index (χ0v) is 11.1. The van der Waals surface area contributed by atoms with Crippen LogP contribution in [0.25, 0.3) is 0 Å². The van der Waals surface area contributed by atoms with Gasteiger partial charge in [-0.1, -0.05) is 32.6 Å². The van der Waals surface area contributed by atoms with E-state index in [1.54, 1.807) is 0 Å². The van der Waals surface area contributed by atoms with Gasteiger partial charge >= 0.3 is 23.1 Å². The van der Waals surface area contributed by atoms with Crippen LogP contribution in [0.5, 0.6) is 0 Å². The summed E-state index contributed by atoms with van der Waals surface area (Å²) in [6.45, 7) is 4.86. The minimum Gasteiger partial charge on any atom is -1.00 e. The topological polar surface area (TPSA) is 0 Å². The van der Waals surface area contributed by atoms with Crippen LogP contribution >= 0.6 is 0 Å². The zero-order chi connectivity index (χ0) is 7.14. The molecule has 0 aromatic rings. The molecule has 66 valence electrons. The number of hydrogen-bond acceptors (Lipinski definition) is 0. The van der Waals surface area contributed by atoms with Crippen molar-refractivity contribution in [2.45, 2.75) is 39.5 Å². The molecule has 3 aliphatic carbocycles. The molecular formula is C10H17BrMg. The van der Waals surface area contributed by atoms with Crippen molar-refractivity contribution in [3.05, 3.63) is 5.92 Å². The van der Waals surface area contributed by atoms with Gasteiger partial charge in [0.1, 0.15) is 0 Å². The average Bonchev–Trinajstić information content (AvgIpc) is 2.00. The quantitative estimate of drug-likeness (QED) is 0.402. The van der Waals surface area contributed by atoms with E-state index in [9.17, 15) is 0 Å². The Bertz CT molecular complexity index is 110. The molecule has 0 aromatic heterocycles. The largest absolute Gasteiger partial charge is 2.00 e. The van der Waals surface area contributed by atoms with E-state index in [-0.39, 0.29) is 40.0 Å². The predicted molar refractivity (Wildman–Crippen MR) is 49.3 cm³/mol. The third-order valence-electron chi connectivity index (χ3n) is 3.85. The summed E-state index contributed by atoms with van der Waals surface area (Å²) < 4.78 is 0. The molecule has 0 N–H and O–H groups in total. The molecular weight excluding hydrogens is 224 g/mol. The molecule has 0 amide bonds. The van der Waals surface area contributed by atoms with E-state index in [1.807, 2.05) is 5.92 Å². The van der Waals surface area contributed by atoms with Crippen molar-refractivity contribution in [3.8, 4) is 0 Å². The SMILES string of the molecule is CC1[C-]2CCC(CC2)C1C.[Br-].[Mg+2]. The molecule has 0 aliphatic heterocycles. The van der Waals surface area contributed by atoms with E-state index in [0.29, 0.717) is 0 Å². The minimum atomic E-state index is 0. The van der Waals surface area contributed by atoms with Crippen LogP contribution in [0.4, 0.5) is 0 Å². The molecule has 0 aromatic carbocycles. The standard InChI is InChI=1S/C10H17.BrH.Mg/c1-7-8(2)10-5-3-9(7)4-6-10;;/h7-9H,3-6H2,1-2H3;1H;/q-1;;+2/p-1. The second-order valence-electron chi connectivity index (χ2n) is 4.14. The fourth-order valence-corrected chi connectivity index (χ4v) is 2.77. The number of halogens is 1. The molecule has 0 saturated heterocycles. The van der Waals surface area contributed by atoms with Crippen LogP contribution in [0.2, 0.25) is 0 Å². The first-order valence-electron chi connectivity index (χ1n) is 4.63. The maximum atomic E-state index is 2.44. The van der Waals surface area contributed by atoms with Crippen molar-refractivity contribution < 1.29 is 17.0 Å². The maximum Gasteiger partial charge on any atom is 2.00 e. The first-order valence-corrected chi connectivity index (χ1v) is 4.63. The smallest absolute Gasteiger partial charge is 1.00 e. The van der Waals surface area contributed by atoms with Gasteiger partial charge in [-0.2, -0.15) is 18.8 Å². The molecule has 2 unspecified atom stereocenters. The molecule has 2 heteroatoms. The average molecular weight is 241 g/mol. The van der Waals surface area contributed by atoms with E-state index >= 15 is 0 Å². The summed E-state index contributed by atoms with van der Waals surface area (Å²) in [6, 6.07) is 0. The molecule has 0 heterocycles. The summed E-state index contributed by atoms with van der Waals surface area (Å²) in [4.78, 5) is 0. The van der Waals surface area contributed by atoms with Gasteiger partial charge in [-0.3, -0.25) is 0 Å². The van der Waals surface area contributed by atoms with E-state index in [0.717, 1.165) is 17.8 Å². The van der Waals surface area contributed by atoms with Crippen molar-refractivity contribution in [2.24, 2.45) is 17.8 Å². The van der Waals surface area contributed by atoms with Crippen LogP contribution in [0.1, 0.15) is 39.5 Å². The Morgan fingerprint density at radius 1 is 1.08 bits per heavy atom. The molecule has 3 aliphatic rings. The molecule has 0 spiro atoms. The molecule has 12 heavy (non-hydrogen) atoms. The Balaban J connectivity index is 0.000000605. The van der Waals surface area contributed by atoms with E-state index in [2.05, 4.69) is 13.8 Å². The molecule has 3 rings (SSSR count). The Hall–Kier alpha value is 1.25. The molecule has 3 fully saturated rings. The molecule has 0 radical (unpaired) electrons. The van der Waals surface area contributed by atoms with Crippen LogP contribution in [0.3, 0.4) is 0 Å². The summed E-state index contributed by atoms with van der Waals surface area (Å²) in [5, 5.41) is 0. The number of fused-ring (bicyclic) bond motifs is 3. The van der Waals surface area contributed by atoms with Crippen LogP contribution in [0.15, 0.2) is 0 Å². The van der Waals surface area contributed by atoms with Gasteiger partial charge in [0.2, 0.25) is 0 Å². The third kappa shape index (κ3) is 2.18. The van der Waals surface area contributed by atoms with Gasteiger partial charge in [0.05, 0.1) is 0 Å². The van der Waals surface area contributed by atoms with Crippen LogP contribution in [0, 0.1) is 23.7 Å². The molecule has 2 atom stereocenters. The predicted octanol–water partition coefficient (Wildman–Crippen LogP) is -0.340. The van der Waals surface area contributed by atoms with Crippen molar-refractivity contribution >= 4 is 23.1 Å². The second kappa shape index (κ2) is 5.21. The summed E-state index contributed by atoms with van der Waals surface area (Å²) in [7, 11) is 0. The van der Waals surface area contributed by atoms with Gasteiger partial charge in [0.25, 0.3) is 0 Å². The minimum absolute atomic E-state index is 0. The molecule has 3 saturated carbocycles. The Labute approximate surface area is 103 Å². The molecule has 0 nitrogen and oxygen atoms in total.